The standard InChI is InChI=1S/C13H18N2O4/c1-8(11(16)15-13(2,3)4)19-10-5-9(12(17)18)6-14-7-10/h5-8H,1-4H3,(H,15,16)(H,17,18). The molecular formula is C13H18N2O4. The van der Waals surface area contributed by atoms with Gasteiger partial charge in [-0.2, -0.15) is 0 Å². The molecule has 0 saturated heterocycles. The van der Waals surface area contributed by atoms with Gasteiger partial charge < -0.3 is 15.2 Å². The Balaban J connectivity index is 2.71. The first-order chi connectivity index (χ1) is 8.69. The fourth-order valence-corrected chi connectivity index (χ4v) is 1.33. The van der Waals surface area contributed by atoms with Crippen molar-refractivity contribution in [1.29, 1.82) is 0 Å². The number of amides is 1. The van der Waals surface area contributed by atoms with Crippen LogP contribution in [-0.4, -0.2) is 33.6 Å². The van der Waals surface area contributed by atoms with Crippen molar-refractivity contribution in [1.82, 2.24) is 10.3 Å². The van der Waals surface area contributed by atoms with E-state index in [9.17, 15) is 9.59 Å². The van der Waals surface area contributed by atoms with Crippen LogP contribution in [0.25, 0.3) is 0 Å². The predicted octanol–water partition coefficient (Wildman–Crippen LogP) is 1.46. The van der Waals surface area contributed by atoms with Gasteiger partial charge in [-0.05, 0) is 33.8 Å². The Morgan fingerprint density at radius 2 is 2.00 bits per heavy atom. The fraction of sp³-hybridized carbons (Fsp3) is 0.462. The van der Waals surface area contributed by atoms with Crippen LogP contribution in [0.1, 0.15) is 38.1 Å². The zero-order chi connectivity index (χ0) is 14.6. The van der Waals surface area contributed by atoms with Crippen molar-refractivity contribution in [2.75, 3.05) is 0 Å². The lowest BCUT2D eigenvalue weighted by molar-refractivity contribution is -0.128. The molecule has 0 aliphatic rings. The van der Waals surface area contributed by atoms with Crippen molar-refractivity contribution in [3.8, 4) is 5.75 Å². The third kappa shape index (κ3) is 4.95. The third-order valence-corrected chi connectivity index (χ3v) is 2.14. The van der Waals surface area contributed by atoms with Crippen LogP contribution in [0.3, 0.4) is 0 Å². The SMILES string of the molecule is CC(Oc1cncc(C(=O)O)c1)C(=O)NC(C)(C)C. The minimum atomic E-state index is -1.09. The van der Waals surface area contributed by atoms with Crippen LogP contribution in [0.15, 0.2) is 18.5 Å². The Kier molecular flexibility index (Phi) is 4.47. The molecule has 1 heterocycles. The zero-order valence-electron chi connectivity index (χ0n) is 11.4. The van der Waals surface area contributed by atoms with E-state index in [1.807, 2.05) is 20.8 Å². The number of nitrogens with zero attached hydrogens (tertiary/aromatic N) is 1. The molecule has 0 aliphatic heterocycles. The lowest BCUT2D eigenvalue weighted by Crippen LogP contribution is -2.46. The highest BCUT2D eigenvalue weighted by Gasteiger charge is 2.20. The molecule has 1 rings (SSSR count). The second-order valence-corrected chi connectivity index (χ2v) is 5.21. The Labute approximate surface area is 111 Å². The highest BCUT2D eigenvalue weighted by molar-refractivity contribution is 5.87. The number of rotatable bonds is 4. The number of aromatic nitrogens is 1. The maximum Gasteiger partial charge on any atom is 0.337 e. The van der Waals surface area contributed by atoms with Gasteiger partial charge in [0.15, 0.2) is 6.10 Å². The molecule has 1 amide bonds. The van der Waals surface area contributed by atoms with E-state index in [4.69, 9.17) is 9.84 Å². The fourth-order valence-electron chi connectivity index (χ4n) is 1.33. The molecule has 0 fully saturated rings. The van der Waals surface area contributed by atoms with Gasteiger partial charge in [0, 0.05) is 11.7 Å². The summed E-state index contributed by atoms with van der Waals surface area (Å²) in [6.07, 6.45) is 1.85. The van der Waals surface area contributed by atoms with E-state index in [2.05, 4.69) is 10.3 Å². The van der Waals surface area contributed by atoms with Crippen molar-refractivity contribution in [3.05, 3.63) is 24.0 Å². The number of ether oxygens (including phenoxy) is 1. The summed E-state index contributed by atoms with van der Waals surface area (Å²) >= 11 is 0. The van der Waals surface area contributed by atoms with Gasteiger partial charge in [0.1, 0.15) is 5.75 Å². The average Bonchev–Trinajstić information content (AvgIpc) is 2.27. The lowest BCUT2D eigenvalue weighted by atomic mass is 10.1. The molecule has 0 aromatic carbocycles. The normalized spacial score (nSPS) is 12.6. The van der Waals surface area contributed by atoms with Gasteiger partial charge in [-0.25, -0.2) is 4.79 Å². The predicted molar refractivity (Wildman–Crippen MR) is 69.2 cm³/mol. The van der Waals surface area contributed by atoms with E-state index in [-0.39, 0.29) is 22.8 Å². The van der Waals surface area contributed by atoms with Gasteiger partial charge in [0.2, 0.25) is 0 Å². The summed E-state index contributed by atoms with van der Waals surface area (Å²) in [5.41, 5.74) is -0.337. The number of hydrogen-bond donors (Lipinski definition) is 2. The van der Waals surface area contributed by atoms with Crippen molar-refractivity contribution in [3.63, 3.8) is 0 Å². The van der Waals surface area contributed by atoms with Gasteiger partial charge in [0.05, 0.1) is 11.8 Å². The lowest BCUT2D eigenvalue weighted by Gasteiger charge is -2.23. The molecule has 19 heavy (non-hydrogen) atoms. The number of carbonyl (C=O) groups excluding carboxylic acids is 1. The first-order valence-corrected chi connectivity index (χ1v) is 5.86. The number of hydrogen-bond acceptors (Lipinski definition) is 4. The monoisotopic (exact) mass is 266 g/mol. The summed E-state index contributed by atoms with van der Waals surface area (Å²) in [4.78, 5) is 26.3. The minimum absolute atomic E-state index is 0.0147. The van der Waals surface area contributed by atoms with Crippen LogP contribution in [0.4, 0.5) is 0 Å². The van der Waals surface area contributed by atoms with E-state index in [0.717, 1.165) is 0 Å². The molecule has 0 bridgehead atoms. The first-order valence-electron chi connectivity index (χ1n) is 5.86. The number of carbonyl (C=O) groups is 2. The maximum absolute atomic E-state index is 11.8. The number of aromatic carboxylic acids is 1. The summed E-state index contributed by atoms with van der Waals surface area (Å²) in [5, 5.41) is 11.6. The van der Waals surface area contributed by atoms with Crippen LogP contribution < -0.4 is 10.1 Å². The molecular weight excluding hydrogens is 248 g/mol. The van der Waals surface area contributed by atoms with Crippen molar-refractivity contribution in [2.24, 2.45) is 0 Å². The number of pyridine rings is 1. The van der Waals surface area contributed by atoms with Gasteiger partial charge in [0.25, 0.3) is 5.91 Å². The molecule has 2 N–H and O–H groups in total. The largest absolute Gasteiger partial charge is 0.479 e. The third-order valence-electron chi connectivity index (χ3n) is 2.14. The van der Waals surface area contributed by atoms with Crippen LogP contribution in [0, 0.1) is 0 Å². The van der Waals surface area contributed by atoms with Crippen LogP contribution in [-0.2, 0) is 4.79 Å². The second kappa shape index (κ2) is 5.69. The molecule has 0 radical (unpaired) electrons. The van der Waals surface area contributed by atoms with E-state index in [1.165, 1.54) is 18.5 Å². The molecule has 1 unspecified atom stereocenters. The summed E-state index contributed by atoms with van der Waals surface area (Å²) in [6, 6.07) is 1.33. The van der Waals surface area contributed by atoms with Gasteiger partial charge in [-0.3, -0.25) is 9.78 Å². The van der Waals surface area contributed by atoms with E-state index < -0.39 is 12.1 Å². The van der Waals surface area contributed by atoms with E-state index in [1.54, 1.807) is 6.92 Å². The Hall–Kier alpha value is -2.11. The Bertz CT molecular complexity index is 480. The Morgan fingerprint density at radius 1 is 1.37 bits per heavy atom. The second-order valence-electron chi connectivity index (χ2n) is 5.21. The highest BCUT2D eigenvalue weighted by atomic mass is 16.5. The molecule has 0 spiro atoms. The molecule has 1 aromatic rings. The summed E-state index contributed by atoms with van der Waals surface area (Å²) < 4.78 is 5.37. The maximum atomic E-state index is 11.8. The molecule has 1 aromatic heterocycles. The summed E-state index contributed by atoms with van der Waals surface area (Å²) in [7, 11) is 0. The highest BCUT2D eigenvalue weighted by Crippen LogP contribution is 2.13. The van der Waals surface area contributed by atoms with E-state index in [0.29, 0.717) is 0 Å². The Morgan fingerprint density at radius 3 is 2.53 bits per heavy atom. The van der Waals surface area contributed by atoms with Gasteiger partial charge in [-0.15, -0.1) is 0 Å². The summed E-state index contributed by atoms with van der Waals surface area (Å²) in [5.74, 6) is -1.12. The van der Waals surface area contributed by atoms with Crippen molar-refractivity contribution in [2.45, 2.75) is 39.3 Å². The minimum Gasteiger partial charge on any atom is -0.479 e. The molecule has 6 nitrogen and oxygen atoms in total. The van der Waals surface area contributed by atoms with Crippen molar-refractivity contribution >= 4 is 11.9 Å². The number of carboxylic acids is 1. The van der Waals surface area contributed by atoms with Crippen LogP contribution >= 0.6 is 0 Å². The first kappa shape index (κ1) is 14.9. The van der Waals surface area contributed by atoms with Gasteiger partial charge >= 0.3 is 5.97 Å². The van der Waals surface area contributed by atoms with Crippen LogP contribution in [0.2, 0.25) is 0 Å². The van der Waals surface area contributed by atoms with Gasteiger partial charge in [-0.1, -0.05) is 0 Å². The molecule has 6 heteroatoms. The number of carboxylic acid groups (broad SMARTS) is 1. The molecule has 104 valence electrons. The van der Waals surface area contributed by atoms with E-state index >= 15 is 0 Å². The summed E-state index contributed by atoms with van der Waals surface area (Å²) in [6.45, 7) is 7.19. The quantitative estimate of drug-likeness (QED) is 0.861. The topological polar surface area (TPSA) is 88.5 Å². The molecule has 1 atom stereocenters. The van der Waals surface area contributed by atoms with Crippen LogP contribution in [0.5, 0.6) is 5.75 Å². The smallest absolute Gasteiger partial charge is 0.337 e. The molecule has 0 saturated carbocycles. The molecule has 0 aliphatic carbocycles. The zero-order valence-corrected chi connectivity index (χ0v) is 11.4. The number of nitrogens with one attached hydrogen (secondary N) is 1. The van der Waals surface area contributed by atoms with Crippen molar-refractivity contribution < 1.29 is 19.4 Å². The average molecular weight is 266 g/mol.